The zero-order chi connectivity index (χ0) is 16.2. The van der Waals surface area contributed by atoms with E-state index in [-0.39, 0.29) is 29.5 Å². The second-order valence-electron chi connectivity index (χ2n) is 6.09. The van der Waals surface area contributed by atoms with Crippen LogP contribution in [0.25, 0.3) is 0 Å². The lowest BCUT2D eigenvalue weighted by Gasteiger charge is -2.25. The highest BCUT2D eigenvalue weighted by Gasteiger charge is 2.21. The van der Waals surface area contributed by atoms with Gasteiger partial charge in [-0.2, -0.15) is 0 Å². The largest absolute Gasteiger partial charge is 0.399 e. The molecule has 0 saturated heterocycles. The Kier molecular flexibility index (Phi) is 6.58. The van der Waals surface area contributed by atoms with Gasteiger partial charge in [-0.3, -0.25) is 4.79 Å². The molecule has 0 atom stereocenters. The van der Waals surface area contributed by atoms with E-state index in [2.05, 4.69) is 5.32 Å². The predicted octanol–water partition coefficient (Wildman–Crippen LogP) is 3.47. The molecule has 0 aliphatic heterocycles. The van der Waals surface area contributed by atoms with Crippen LogP contribution in [-0.4, -0.2) is 12.5 Å². The topological polar surface area (TPSA) is 55.1 Å². The van der Waals surface area contributed by atoms with Gasteiger partial charge >= 0.3 is 0 Å². The van der Waals surface area contributed by atoms with Gasteiger partial charge in [0.25, 0.3) is 0 Å². The van der Waals surface area contributed by atoms with Gasteiger partial charge in [0.2, 0.25) is 5.91 Å². The molecular formula is C18H22ClFN2O. The summed E-state index contributed by atoms with van der Waals surface area (Å²) in [6.45, 7) is 4.53. The van der Waals surface area contributed by atoms with Crippen molar-refractivity contribution in [3.05, 3.63) is 65.5 Å². The molecule has 0 heterocycles. The molecule has 0 aliphatic rings. The van der Waals surface area contributed by atoms with Crippen LogP contribution in [-0.2, 0) is 16.6 Å². The summed E-state index contributed by atoms with van der Waals surface area (Å²) in [5, 5.41) is 2.94. The Morgan fingerprint density at radius 2 is 1.65 bits per heavy atom. The van der Waals surface area contributed by atoms with Gasteiger partial charge in [0, 0.05) is 17.6 Å². The molecule has 0 fully saturated rings. The highest BCUT2D eigenvalue weighted by Crippen LogP contribution is 2.22. The summed E-state index contributed by atoms with van der Waals surface area (Å²) in [5.74, 6) is -0.299. The lowest BCUT2D eigenvalue weighted by atomic mass is 9.84. The van der Waals surface area contributed by atoms with Crippen molar-refractivity contribution in [1.29, 1.82) is 0 Å². The molecule has 2 aromatic rings. The summed E-state index contributed by atoms with van der Waals surface area (Å²) in [6, 6.07) is 13.6. The quantitative estimate of drug-likeness (QED) is 0.821. The Balaban J connectivity index is 0.00000264. The number of carbonyl (C=O) groups is 1. The van der Waals surface area contributed by atoms with Crippen LogP contribution in [0.2, 0.25) is 0 Å². The third kappa shape index (κ3) is 5.57. The molecule has 2 aromatic carbocycles. The molecule has 5 heteroatoms. The third-order valence-corrected chi connectivity index (χ3v) is 3.70. The van der Waals surface area contributed by atoms with Crippen LogP contribution in [0.3, 0.4) is 0 Å². The van der Waals surface area contributed by atoms with Gasteiger partial charge in [-0.1, -0.05) is 38.1 Å². The van der Waals surface area contributed by atoms with Crippen molar-refractivity contribution in [2.45, 2.75) is 25.7 Å². The van der Waals surface area contributed by atoms with E-state index in [1.54, 1.807) is 24.3 Å². The molecule has 0 aliphatic carbocycles. The maximum atomic E-state index is 13.0. The zero-order valence-corrected chi connectivity index (χ0v) is 14.1. The lowest BCUT2D eigenvalue weighted by molar-refractivity contribution is -0.120. The van der Waals surface area contributed by atoms with Crippen LogP contribution >= 0.6 is 12.4 Å². The molecular weight excluding hydrogens is 315 g/mol. The van der Waals surface area contributed by atoms with E-state index in [1.807, 2.05) is 26.0 Å². The van der Waals surface area contributed by atoms with E-state index in [0.29, 0.717) is 18.7 Å². The van der Waals surface area contributed by atoms with Gasteiger partial charge in [-0.05, 0) is 35.4 Å². The van der Waals surface area contributed by atoms with E-state index in [9.17, 15) is 9.18 Å². The predicted molar refractivity (Wildman–Crippen MR) is 94.2 cm³/mol. The summed E-state index contributed by atoms with van der Waals surface area (Å²) >= 11 is 0. The lowest BCUT2D eigenvalue weighted by Crippen LogP contribution is -2.37. The van der Waals surface area contributed by atoms with Crippen molar-refractivity contribution in [2.24, 2.45) is 0 Å². The number of amides is 1. The number of nitrogens with two attached hydrogens (primary N) is 1. The molecule has 0 radical (unpaired) electrons. The minimum absolute atomic E-state index is 0. The standard InChI is InChI=1S/C18H21FN2O.ClH/c1-18(2,14-5-7-15(19)8-6-14)12-21-17(22)11-13-3-9-16(20)10-4-13;/h3-10H,11-12,20H2,1-2H3,(H,21,22);1H. The highest BCUT2D eigenvalue weighted by molar-refractivity contribution is 5.85. The van der Waals surface area contributed by atoms with E-state index in [0.717, 1.165) is 11.1 Å². The number of hydrogen-bond acceptors (Lipinski definition) is 2. The maximum Gasteiger partial charge on any atom is 0.224 e. The molecule has 0 spiro atoms. The second kappa shape index (κ2) is 7.97. The average Bonchev–Trinajstić information content (AvgIpc) is 2.48. The fraction of sp³-hybridized carbons (Fsp3) is 0.278. The number of halogens is 2. The van der Waals surface area contributed by atoms with Crippen molar-refractivity contribution < 1.29 is 9.18 Å². The molecule has 23 heavy (non-hydrogen) atoms. The highest BCUT2D eigenvalue weighted by atomic mass is 35.5. The molecule has 1 amide bonds. The summed E-state index contributed by atoms with van der Waals surface area (Å²) in [6.07, 6.45) is 0.319. The molecule has 0 bridgehead atoms. The number of carbonyl (C=O) groups excluding carboxylic acids is 1. The monoisotopic (exact) mass is 336 g/mol. The van der Waals surface area contributed by atoms with Gasteiger partial charge in [0.05, 0.1) is 6.42 Å². The normalized spacial score (nSPS) is 10.7. The fourth-order valence-electron chi connectivity index (χ4n) is 2.21. The fourth-order valence-corrected chi connectivity index (χ4v) is 2.21. The number of benzene rings is 2. The van der Waals surface area contributed by atoms with E-state index in [4.69, 9.17) is 5.73 Å². The van der Waals surface area contributed by atoms with Gasteiger partial charge < -0.3 is 11.1 Å². The molecule has 3 N–H and O–H groups in total. The Labute approximate surface area is 142 Å². The average molecular weight is 337 g/mol. The first-order chi connectivity index (χ1) is 10.4. The first-order valence-electron chi connectivity index (χ1n) is 7.24. The van der Waals surface area contributed by atoms with E-state index < -0.39 is 0 Å². The van der Waals surface area contributed by atoms with Crippen molar-refractivity contribution in [1.82, 2.24) is 5.32 Å². The van der Waals surface area contributed by atoms with Gasteiger partial charge in [0.1, 0.15) is 5.82 Å². The molecule has 3 nitrogen and oxygen atoms in total. The van der Waals surface area contributed by atoms with Crippen LogP contribution in [0.4, 0.5) is 10.1 Å². The number of nitrogens with one attached hydrogen (secondary N) is 1. The Morgan fingerprint density at radius 3 is 2.22 bits per heavy atom. The van der Waals surface area contributed by atoms with Crippen LogP contribution in [0.15, 0.2) is 48.5 Å². The Morgan fingerprint density at radius 1 is 1.09 bits per heavy atom. The van der Waals surface area contributed by atoms with E-state index in [1.165, 1.54) is 12.1 Å². The van der Waals surface area contributed by atoms with Crippen LogP contribution in [0.1, 0.15) is 25.0 Å². The zero-order valence-electron chi connectivity index (χ0n) is 13.3. The molecule has 2 rings (SSSR count). The smallest absolute Gasteiger partial charge is 0.224 e. The summed E-state index contributed by atoms with van der Waals surface area (Å²) in [7, 11) is 0. The molecule has 0 aromatic heterocycles. The molecule has 0 saturated carbocycles. The van der Waals surface area contributed by atoms with Crippen LogP contribution in [0, 0.1) is 5.82 Å². The summed E-state index contributed by atoms with van der Waals surface area (Å²) < 4.78 is 13.0. The SMILES string of the molecule is CC(C)(CNC(=O)Cc1ccc(N)cc1)c1ccc(F)cc1.Cl. The second-order valence-corrected chi connectivity index (χ2v) is 6.09. The molecule has 0 unspecified atom stereocenters. The minimum Gasteiger partial charge on any atom is -0.399 e. The van der Waals surface area contributed by atoms with Crippen LogP contribution < -0.4 is 11.1 Å². The number of nitrogen functional groups attached to an aromatic ring is 1. The van der Waals surface area contributed by atoms with Crippen molar-refractivity contribution >= 4 is 24.0 Å². The Bertz CT molecular complexity index is 639. The number of anilines is 1. The minimum atomic E-state index is -0.259. The van der Waals surface area contributed by atoms with Crippen molar-refractivity contribution in [3.8, 4) is 0 Å². The first kappa shape index (κ1) is 19.0. The first-order valence-corrected chi connectivity index (χ1v) is 7.24. The van der Waals surface area contributed by atoms with E-state index >= 15 is 0 Å². The van der Waals surface area contributed by atoms with Crippen LogP contribution in [0.5, 0.6) is 0 Å². The summed E-state index contributed by atoms with van der Waals surface area (Å²) in [4.78, 5) is 12.0. The van der Waals surface area contributed by atoms with Crippen molar-refractivity contribution in [3.63, 3.8) is 0 Å². The van der Waals surface area contributed by atoms with Crippen molar-refractivity contribution in [2.75, 3.05) is 12.3 Å². The number of hydrogen-bond donors (Lipinski definition) is 2. The third-order valence-electron chi connectivity index (χ3n) is 3.70. The Hall–Kier alpha value is -2.07. The van der Waals surface area contributed by atoms with Gasteiger partial charge in [0.15, 0.2) is 0 Å². The molecule has 124 valence electrons. The van der Waals surface area contributed by atoms with Gasteiger partial charge in [-0.15, -0.1) is 12.4 Å². The summed E-state index contributed by atoms with van der Waals surface area (Å²) in [5.41, 5.74) is 7.95. The van der Waals surface area contributed by atoms with Gasteiger partial charge in [-0.25, -0.2) is 4.39 Å². The number of rotatable bonds is 5. The maximum absolute atomic E-state index is 13.0.